The van der Waals surface area contributed by atoms with Crippen LogP contribution < -0.4 is 0 Å². The summed E-state index contributed by atoms with van der Waals surface area (Å²) in [5.41, 5.74) is 2.33. The van der Waals surface area contributed by atoms with Crippen LogP contribution in [-0.2, 0) is 6.42 Å². The van der Waals surface area contributed by atoms with Crippen molar-refractivity contribution in [3.63, 3.8) is 0 Å². The van der Waals surface area contributed by atoms with Gasteiger partial charge in [0, 0.05) is 0 Å². The van der Waals surface area contributed by atoms with Crippen molar-refractivity contribution >= 4 is 0 Å². The van der Waals surface area contributed by atoms with Crippen molar-refractivity contribution in [3.05, 3.63) is 48.0 Å². The standard InChI is InChI=1S/C13H18O/c1-11(2)8-9-13(14)10-12-6-4-3-5-7-12/h3-7,13-14H,1,8-10H2,2H3. The second kappa shape index (κ2) is 5.61. The molecule has 1 atom stereocenters. The minimum absolute atomic E-state index is 0.242. The van der Waals surface area contributed by atoms with Gasteiger partial charge in [-0.1, -0.05) is 35.9 Å². The van der Waals surface area contributed by atoms with E-state index < -0.39 is 0 Å². The van der Waals surface area contributed by atoms with Gasteiger partial charge in [0.25, 0.3) is 0 Å². The molecule has 76 valence electrons. The van der Waals surface area contributed by atoms with Gasteiger partial charge >= 0.3 is 0 Å². The van der Waals surface area contributed by atoms with Crippen molar-refractivity contribution in [3.8, 4) is 0 Å². The topological polar surface area (TPSA) is 20.2 Å². The summed E-state index contributed by atoms with van der Waals surface area (Å²) >= 11 is 0. The van der Waals surface area contributed by atoms with E-state index in [2.05, 4.69) is 6.58 Å². The maximum Gasteiger partial charge on any atom is 0.0583 e. The van der Waals surface area contributed by atoms with E-state index in [1.54, 1.807) is 0 Å². The first kappa shape index (κ1) is 11.0. The number of rotatable bonds is 5. The molecule has 0 spiro atoms. The van der Waals surface area contributed by atoms with E-state index in [1.165, 1.54) is 5.56 Å². The van der Waals surface area contributed by atoms with Gasteiger partial charge in [-0.3, -0.25) is 0 Å². The van der Waals surface area contributed by atoms with Crippen LogP contribution in [0, 0.1) is 0 Å². The zero-order valence-electron chi connectivity index (χ0n) is 8.74. The molecular formula is C13H18O. The molecule has 1 aromatic carbocycles. The van der Waals surface area contributed by atoms with E-state index in [9.17, 15) is 5.11 Å². The second-order valence-electron chi connectivity index (χ2n) is 3.84. The first-order valence-corrected chi connectivity index (χ1v) is 5.05. The molecule has 1 heteroatoms. The molecule has 0 heterocycles. The largest absolute Gasteiger partial charge is 0.393 e. The molecule has 1 rings (SSSR count). The highest BCUT2D eigenvalue weighted by Gasteiger charge is 2.04. The summed E-state index contributed by atoms with van der Waals surface area (Å²) in [6, 6.07) is 10.1. The predicted octanol–water partition coefficient (Wildman–Crippen LogP) is 2.95. The van der Waals surface area contributed by atoms with E-state index in [4.69, 9.17) is 0 Å². The van der Waals surface area contributed by atoms with Crippen molar-refractivity contribution in [2.24, 2.45) is 0 Å². The quantitative estimate of drug-likeness (QED) is 0.708. The van der Waals surface area contributed by atoms with Crippen LogP contribution in [0.1, 0.15) is 25.3 Å². The van der Waals surface area contributed by atoms with Crippen LogP contribution in [0.25, 0.3) is 0 Å². The monoisotopic (exact) mass is 190 g/mol. The third kappa shape index (κ3) is 4.24. The van der Waals surface area contributed by atoms with Crippen molar-refractivity contribution in [2.75, 3.05) is 0 Å². The van der Waals surface area contributed by atoms with Crippen molar-refractivity contribution in [1.29, 1.82) is 0 Å². The lowest BCUT2D eigenvalue weighted by Crippen LogP contribution is -2.10. The minimum Gasteiger partial charge on any atom is -0.393 e. The SMILES string of the molecule is C=C(C)CCC(O)Cc1ccccc1. The Bertz CT molecular complexity index is 277. The normalized spacial score (nSPS) is 12.4. The van der Waals surface area contributed by atoms with Gasteiger partial charge in [0.15, 0.2) is 0 Å². The Morgan fingerprint density at radius 2 is 2.00 bits per heavy atom. The lowest BCUT2D eigenvalue weighted by molar-refractivity contribution is 0.165. The number of aliphatic hydroxyl groups excluding tert-OH is 1. The maximum atomic E-state index is 9.71. The first-order valence-electron chi connectivity index (χ1n) is 5.05. The average molecular weight is 190 g/mol. The molecule has 1 N–H and O–H groups in total. The molecule has 0 fully saturated rings. The maximum absolute atomic E-state index is 9.71. The molecule has 0 aromatic heterocycles. The minimum atomic E-state index is -0.242. The second-order valence-corrected chi connectivity index (χ2v) is 3.84. The number of benzene rings is 1. The van der Waals surface area contributed by atoms with E-state index >= 15 is 0 Å². The Kier molecular flexibility index (Phi) is 4.41. The highest BCUT2D eigenvalue weighted by atomic mass is 16.3. The van der Waals surface area contributed by atoms with Crippen LogP contribution >= 0.6 is 0 Å². The van der Waals surface area contributed by atoms with Gasteiger partial charge in [0.05, 0.1) is 6.10 Å². The molecule has 0 saturated carbocycles. The Balaban J connectivity index is 2.34. The highest BCUT2D eigenvalue weighted by Crippen LogP contribution is 2.10. The van der Waals surface area contributed by atoms with Gasteiger partial charge < -0.3 is 5.11 Å². The highest BCUT2D eigenvalue weighted by molar-refractivity contribution is 5.15. The molecule has 1 nitrogen and oxygen atoms in total. The molecule has 0 radical (unpaired) electrons. The van der Waals surface area contributed by atoms with Gasteiger partial charge in [-0.25, -0.2) is 0 Å². The third-order valence-electron chi connectivity index (χ3n) is 2.22. The number of allylic oxidation sites excluding steroid dienone is 1. The lowest BCUT2D eigenvalue weighted by atomic mass is 10.0. The molecule has 0 aliphatic carbocycles. The Morgan fingerprint density at radius 1 is 1.36 bits per heavy atom. The lowest BCUT2D eigenvalue weighted by Gasteiger charge is -2.10. The summed E-state index contributed by atoms with van der Waals surface area (Å²) in [6.07, 6.45) is 2.22. The van der Waals surface area contributed by atoms with Crippen molar-refractivity contribution in [2.45, 2.75) is 32.3 Å². The van der Waals surface area contributed by atoms with Gasteiger partial charge in [0.1, 0.15) is 0 Å². The number of aliphatic hydroxyl groups is 1. The molecule has 1 unspecified atom stereocenters. The van der Waals surface area contributed by atoms with Crippen LogP contribution in [0.4, 0.5) is 0 Å². The summed E-state index contributed by atoms with van der Waals surface area (Å²) in [4.78, 5) is 0. The first-order chi connectivity index (χ1) is 6.68. The molecule has 14 heavy (non-hydrogen) atoms. The van der Waals surface area contributed by atoms with Crippen LogP contribution in [-0.4, -0.2) is 11.2 Å². The fourth-order valence-corrected chi connectivity index (χ4v) is 1.40. The van der Waals surface area contributed by atoms with Gasteiger partial charge in [-0.15, -0.1) is 6.58 Å². The molecule has 0 aliphatic heterocycles. The van der Waals surface area contributed by atoms with E-state index in [0.29, 0.717) is 0 Å². The smallest absolute Gasteiger partial charge is 0.0583 e. The molecular weight excluding hydrogens is 172 g/mol. The van der Waals surface area contributed by atoms with Gasteiger partial charge in [-0.2, -0.15) is 0 Å². The Hall–Kier alpha value is -1.08. The summed E-state index contributed by atoms with van der Waals surface area (Å²) in [5, 5.41) is 9.71. The van der Waals surface area contributed by atoms with Crippen LogP contribution in [0.2, 0.25) is 0 Å². The number of hydrogen-bond acceptors (Lipinski definition) is 1. The van der Waals surface area contributed by atoms with Crippen LogP contribution in [0.15, 0.2) is 42.5 Å². The Morgan fingerprint density at radius 3 is 2.57 bits per heavy atom. The molecule has 0 bridgehead atoms. The zero-order valence-corrected chi connectivity index (χ0v) is 8.74. The molecule has 1 aromatic rings. The van der Waals surface area contributed by atoms with Crippen molar-refractivity contribution in [1.82, 2.24) is 0 Å². The fourth-order valence-electron chi connectivity index (χ4n) is 1.40. The molecule has 0 aliphatic rings. The van der Waals surface area contributed by atoms with E-state index in [-0.39, 0.29) is 6.10 Å². The summed E-state index contributed by atoms with van der Waals surface area (Å²) in [6.45, 7) is 5.82. The van der Waals surface area contributed by atoms with E-state index in [1.807, 2.05) is 37.3 Å². The third-order valence-corrected chi connectivity index (χ3v) is 2.22. The van der Waals surface area contributed by atoms with Gasteiger partial charge in [0.2, 0.25) is 0 Å². The van der Waals surface area contributed by atoms with Gasteiger partial charge in [-0.05, 0) is 31.7 Å². The molecule has 0 amide bonds. The Labute approximate surface area is 86.1 Å². The van der Waals surface area contributed by atoms with Crippen molar-refractivity contribution < 1.29 is 5.11 Å². The molecule has 0 saturated heterocycles. The average Bonchev–Trinajstić information content (AvgIpc) is 2.16. The summed E-state index contributed by atoms with van der Waals surface area (Å²) in [7, 11) is 0. The summed E-state index contributed by atoms with van der Waals surface area (Å²) in [5.74, 6) is 0. The zero-order chi connectivity index (χ0) is 10.4. The van der Waals surface area contributed by atoms with E-state index in [0.717, 1.165) is 24.8 Å². The predicted molar refractivity (Wildman–Crippen MR) is 60.2 cm³/mol. The van der Waals surface area contributed by atoms with Crippen LogP contribution in [0.5, 0.6) is 0 Å². The number of hydrogen-bond donors (Lipinski definition) is 1. The van der Waals surface area contributed by atoms with Crippen LogP contribution in [0.3, 0.4) is 0 Å². The summed E-state index contributed by atoms with van der Waals surface area (Å²) < 4.78 is 0. The fraction of sp³-hybridized carbons (Fsp3) is 0.385.